The van der Waals surface area contributed by atoms with Crippen LogP contribution in [-0.4, -0.2) is 26.9 Å². The van der Waals surface area contributed by atoms with Crippen LogP contribution in [0.5, 0.6) is 0 Å². The summed E-state index contributed by atoms with van der Waals surface area (Å²) in [5, 5.41) is 11.2. The van der Waals surface area contributed by atoms with Crippen LogP contribution in [0.15, 0.2) is 35.6 Å². The molecule has 0 aliphatic heterocycles. The van der Waals surface area contributed by atoms with Crippen LogP contribution in [0.25, 0.3) is 0 Å². The Balaban J connectivity index is 2.28. The van der Waals surface area contributed by atoms with Crippen LogP contribution in [0.2, 0.25) is 5.02 Å². The molecule has 0 saturated heterocycles. The second-order valence-electron chi connectivity index (χ2n) is 4.03. The van der Waals surface area contributed by atoms with Crippen molar-refractivity contribution in [3.8, 4) is 0 Å². The highest BCUT2D eigenvalue weighted by atomic mass is 35.5. The molecule has 0 saturated carbocycles. The number of ketones is 1. The molecule has 2 rings (SSSR count). The SMILES string of the molecule is CSc1nccc(CC(=O)c2cccc([N+](=O)[O-])c2Cl)n1. The quantitative estimate of drug-likeness (QED) is 0.276. The largest absolute Gasteiger partial charge is 0.294 e. The molecule has 1 aromatic heterocycles. The molecule has 0 aliphatic carbocycles. The third kappa shape index (κ3) is 3.56. The Morgan fingerprint density at radius 2 is 2.19 bits per heavy atom. The molecule has 108 valence electrons. The fourth-order valence-corrected chi connectivity index (χ4v) is 2.38. The summed E-state index contributed by atoms with van der Waals surface area (Å²) in [5.41, 5.74) is 0.382. The normalized spacial score (nSPS) is 10.4. The molecule has 6 nitrogen and oxygen atoms in total. The summed E-state index contributed by atoms with van der Waals surface area (Å²) in [7, 11) is 0. The summed E-state index contributed by atoms with van der Waals surface area (Å²) in [6.45, 7) is 0. The van der Waals surface area contributed by atoms with Gasteiger partial charge in [0.15, 0.2) is 10.9 Å². The van der Waals surface area contributed by atoms with E-state index in [1.54, 1.807) is 12.3 Å². The van der Waals surface area contributed by atoms with Gasteiger partial charge in [0.1, 0.15) is 5.02 Å². The van der Waals surface area contributed by atoms with Crippen molar-refractivity contribution in [1.29, 1.82) is 0 Å². The summed E-state index contributed by atoms with van der Waals surface area (Å²) in [5.74, 6) is -0.325. The molecule has 0 amide bonds. The number of benzene rings is 1. The van der Waals surface area contributed by atoms with Crippen LogP contribution in [0.1, 0.15) is 16.1 Å². The molecule has 0 aliphatic rings. The second kappa shape index (κ2) is 6.64. The predicted octanol–water partition coefficient (Wildman–Crippen LogP) is 3.19. The minimum absolute atomic E-state index is 0.0109. The third-order valence-corrected chi connectivity index (χ3v) is 3.65. The van der Waals surface area contributed by atoms with Gasteiger partial charge in [-0.2, -0.15) is 0 Å². The number of hydrogen-bond acceptors (Lipinski definition) is 6. The van der Waals surface area contributed by atoms with E-state index in [0.717, 1.165) is 0 Å². The Morgan fingerprint density at radius 1 is 1.43 bits per heavy atom. The lowest BCUT2D eigenvalue weighted by molar-refractivity contribution is -0.384. The Labute approximate surface area is 129 Å². The number of nitrogens with zero attached hydrogens (tertiary/aromatic N) is 3. The molecule has 1 heterocycles. The van der Waals surface area contributed by atoms with Crippen LogP contribution in [0.3, 0.4) is 0 Å². The lowest BCUT2D eigenvalue weighted by Gasteiger charge is -2.04. The zero-order valence-corrected chi connectivity index (χ0v) is 12.5. The highest BCUT2D eigenvalue weighted by molar-refractivity contribution is 7.98. The highest BCUT2D eigenvalue weighted by Crippen LogP contribution is 2.28. The van der Waals surface area contributed by atoms with E-state index in [2.05, 4.69) is 9.97 Å². The maximum absolute atomic E-state index is 12.2. The first-order chi connectivity index (χ1) is 10.0. The molecule has 1 aromatic carbocycles. The van der Waals surface area contributed by atoms with E-state index < -0.39 is 4.92 Å². The van der Waals surface area contributed by atoms with Crippen molar-refractivity contribution in [2.24, 2.45) is 0 Å². The molecule has 0 atom stereocenters. The molecule has 0 unspecified atom stereocenters. The van der Waals surface area contributed by atoms with Gasteiger partial charge in [-0.05, 0) is 18.4 Å². The fourth-order valence-electron chi connectivity index (χ4n) is 1.71. The first-order valence-corrected chi connectivity index (χ1v) is 7.45. The van der Waals surface area contributed by atoms with E-state index in [0.29, 0.717) is 10.9 Å². The highest BCUT2D eigenvalue weighted by Gasteiger charge is 2.20. The third-order valence-electron chi connectivity index (χ3n) is 2.69. The molecule has 0 N–H and O–H groups in total. The average molecular weight is 324 g/mol. The van der Waals surface area contributed by atoms with Crippen molar-refractivity contribution in [1.82, 2.24) is 9.97 Å². The van der Waals surface area contributed by atoms with E-state index in [4.69, 9.17) is 11.6 Å². The second-order valence-corrected chi connectivity index (χ2v) is 5.18. The fraction of sp³-hybridized carbons (Fsp3) is 0.154. The van der Waals surface area contributed by atoms with Gasteiger partial charge in [-0.25, -0.2) is 9.97 Å². The van der Waals surface area contributed by atoms with Gasteiger partial charge in [-0.3, -0.25) is 14.9 Å². The summed E-state index contributed by atoms with van der Waals surface area (Å²) in [6.07, 6.45) is 3.41. The van der Waals surface area contributed by atoms with E-state index in [9.17, 15) is 14.9 Å². The van der Waals surface area contributed by atoms with E-state index in [-0.39, 0.29) is 28.5 Å². The summed E-state index contributed by atoms with van der Waals surface area (Å²) < 4.78 is 0. The van der Waals surface area contributed by atoms with Gasteiger partial charge in [0, 0.05) is 17.8 Å². The van der Waals surface area contributed by atoms with Gasteiger partial charge in [0.05, 0.1) is 17.0 Å². The van der Waals surface area contributed by atoms with Gasteiger partial charge in [0.25, 0.3) is 5.69 Å². The Morgan fingerprint density at radius 3 is 2.86 bits per heavy atom. The zero-order valence-electron chi connectivity index (χ0n) is 10.9. The Hall–Kier alpha value is -1.99. The van der Waals surface area contributed by atoms with Gasteiger partial charge in [-0.15, -0.1) is 0 Å². The maximum Gasteiger partial charge on any atom is 0.288 e. The number of carbonyl (C=O) groups is 1. The Bertz CT molecular complexity index is 709. The van der Waals surface area contributed by atoms with Gasteiger partial charge >= 0.3 is 0 Å². The number of thioether (sulfide) groups is 1. The topological polar surface area (TPSA) is 86.0 Å². The molecule has 0 fully saturated rings. The first kappa shape index (κ1) is 15.4. The van der Waals surface area contributed by atoms with E-state index >= 15 is 0 Å². The molecule has 21 heavy (non-hydrogen) atoms. The zero-order chi connectivity index (χ0) is 15.4. The van der Waals surface area contributed by atoms with Crippen molar-refractivity contribution in [3.63, 3.8) is 0 Å². The molecule has 0 radical (unpaired) electrons. The van der Waals surface area contributed by atoms with Crippen molar-refractivity contribution in [2.45, 2.75) is 11.6 Å². The number of nitro benzene ring substituents is 1. The molecule has 8 heteroatoms. The Kier molecular flexibility index (Phi) is 4.87. The lowest BCUT2D eigenvalue weighted by Crippen LogP contribution is -2.07. The van der Waals surface area contributed by atoms with Gasteiger partial charge in [0.2, 0.25) is 0 Å². The minimum Gasteiger partial charge on any atom is -0.294 e. The number of halogens is 1. The molecular weight excluding hydrogens is 314 g/mol. The standard InChI is InChI=1S/C13H10ClN3O3S/c1-21-13-15-6-5-8(16-13)7-11(18)9-3-2-4-10(12(9)14)17(19)20/h2-6H,7H2,1H3. The van der Waals surface area contributed by atoms with Gasteiger partial charge in [-0.1, -0.05) is 29.4 Å². The number of aromatic nitrogens is 2. The van der Waals surface area contributed by atoms with E-state index in [1.165, 1.54) is 30.0 Å². The van der Waals surface area contributed by atoms with Crippen LogP contribution >= 0.6 is 23.4 Å². The monoisotopic (exact) mass is 323 g/mol. The summed E-state index contributed by atoms with van der Waals surface area (Å²) >= 11 is 7.29. The average Bonchev–Trinajstić information content (AvgIpc) is 2.47. The number of hydrogen-bond donors (Lipinski definition) is 0. The van der Waals surface area contributed by atoms with Gasteiger partial charge < -0.3 is 0 Å². The summed E-state index contributed by atoms with van der Waals surface area (Å²) in [4.78, 5) is 30.7. The van der Waals surface area contributed by atoms with Crippen molar-refractivity contribution >= 4 is 34.8 Å². The molecule has 0 spiro atoms. The minimum atomic E-state index is -0.615. The van der Waals surface area contributed by atoms with Crippen LogP contribution in [-0.2, 0) is 6.42 Å². The lowest BCUT2D eigenvalue weighted by atomic mass is 10.1. The maximum atomic E-state index is 12.2. The molecule has 0 bridgehead atoms. The number of Topliss-reactive ketones (excluding diaryl/α,β-unsaturated/α-hetero) is 1. The van der Waals surface area contributed by atoms with Crippen LogP contribution in [0.4, 0.5) is 5.69 Å². The van der Waals surface area contributed by atoms with Crippen LogP contribution in [0, 0.1) is 10.1 Å². The predicted molar refractivity (Wildman–Crippen MR) is 80.0 cm³/mol. The van der Waals surface area contributed by atoms with E-state index in [1.807, 2.05) is 6.26 Å². The van der Waals surface area contributed by atoms with Crippen molar-refractivity contribution in [3.05, 3.63) is 56.9 Å². The summed E-state index contributed by atoms with van der Waals surface area (Å²) in [6, 6.07) is 5.79. The number of rotatable bonds is 5. The smallest absolute Gasteiger partial charge is 0.288 e. The van der Waals surface area contributed by atoms with Crippen LogP contribution < -0.4 is 0 Å². The number of nitro groups is 1. The molecular formula is C13H10ClN3O3S. The molecule has 2 aromatic rings. The van der Waals surface area contributed by atoms with Crippen molar-refractivity contribution in [2.75, 3.05) is 6.26 Å². The first-order valence-electron chi connectivity index (χ1n) is 5.85. The number of carbonyl (C=O) groups excluding carboxylic acids is 1. The van der Waals surface area contributed by atoms with Crippen molar-refractivity contribution < 1.29 is 9.72 Å².